The van der Waals surface area contributed by atoms with E-state index in [9.17, 15) is 13.0 Å². The molecule has 0 aliphatic carbocycles. The van der Waals surface area contributed by atoms with Gasteiger partial charge in [0.1, 0.15) is 0 Å². The lowest BCUT2D eigenvalue weighted by atomic mass is 10.8. The minimum absolute atomic E-state index is 0.0866. The first-order valence-corrected chi connectivity index (χ1v) is 7.89. The van der Waals surface area contributed by atoms with Crippen LogP contribution in [0.5, 0.6) is 0 Å². The summed E-state index contributed by atoms with van der Waals surface area (Å²) >= 11 is 0. The Morgan fingerprint density at radius 2 is 1.88 bits per heavy atom. The molecule has 1 heterocycles. The van der Waals surface area contributed by atoms with Gasteiger partial charge in [-0.1, -0.05) is 0 Å². The fourth-order valence-electron chi connectivity index (χ4n) is 1.22. The Hall–Kier alpha value is 0.0200. The van der Waals surface area contributed by atoms with Gasteiger partial charge in [0.25, 0.3) is 10.1 Å². The lowest BCUT2D eigenvalue weighted by Gasteiger charge is -2.28. The molecule has 7 nitrogen and oxygen atoms in total. The molecule has 0 N–H and O–H groups in total. The molecule has 9 heteroatoms. The molecular weight excluding hydrogens is 259 g/mol. The molecule has 0 spiro atoms. The van der Waals surface area contributed by atoms with Gasteiger partial charge in [0.05, 0.1) is 19.8 Å². The highest BCUT2D eigenvalue weighted by atomic mass is 32.2. The number of hydrogen-bond acceptors (Lipinski definition) is 7. The maximum Gasteiger partial charge on any atom is 0.353 e. The second-order valence-electron chi connectivity index (χ2n) is 2.93. The fourth-order valence-corrected chi connectivity index (χ4v) is 5.07. The zero-order valence-corrected chi connectivity index (χ0v) is 10.8. The van der Waals surface area contributed by atoms with E-state index in [-0.39, 0.29) is 26.6 Å². The van der Waals surface area contributed by atoms with Gasteiger partial charge in [0.2, 0.25) is 4.99 Å². The molecule has 1 saturated heterocycles. The highest BCUT2D eigenvalue weighted by molar-refractivity contribution is 7.94. The molecule has 0 amide bonds. The van der Waals surface area contributed by atoms with Gasteiger partial charge in [0, 0.05) is 0 Å². The van der Waals surface area contributed by atoms with Gasteiger partial charge in [-0.2, -0.15) is 8.42 Å². The third-order valence-corrected chi connectivity index (χ3v) is 6.73. The highest BCUT2D eigenvalue weighted by Crippen LogP contribution is 2.55. The molecule has 0 saturated carbocycles. The van der Waals surface area contributed by atoms with Crippen LogP contribution < -0.4 is 0 Å². The van der Waals surface area contributed by atoms with E-state index >= 15 is 0 Å². The molecule has 16 heavy (non-hydrogen) atoms. The Balaban J connectivity index is 2.97. The Bertz CT molecular complexity index is 355. The predicted molar refractivity (Wildman–Crippen MR) is 55.5 cm³/mol. The Kier molecular flexibility index (Phi) is 4.90. The molecule has 1 aliphatic rings. The molecule has 1 aliphatic heterocycles. The first-order valence-electron chi connectivity index (χ1n) is 4.81. The van der Waals surface area contributed by atoms with Crippen LogP contribution in [-0.2, 0) is 32.7 Å². The van der Waals surface area contributed by atoms with Crippen molar-refractivity contribution >= 4 is 17.7 Å². The molecule has 1 unspecified atom stereocenters. The lowest BCUT2D eigenvalue weighted by Crippen LogP contribution is -2.35. The molecule has 0 bridgehead atoms. The van der Waals surface area contributed by atoms with Crippen LogP contribution in [0.4, 0.5) is 0 Å². The van der Waals surface area contributed by atoms with Crippen molar-refractivity contribution in [2.75, 3.05) is 26.6 Å². The smallest absolute Gasteiger partial charge is 0.352 e. The molecule has 1 rings (SSSR count). The largest absolute Gasteiger partial charge is 0.353 e. The van der Waals surface area contributed by atoms with Crippen molar-refractivity contribution < 1.29 is 31.0 Å². The quantitative estimate of drug-likeness (QED) is 0.544. The van der Waals surface area contributed by atoms with Crippen molar-refractivity contribution in [2.24, 2.45) is 0 Å². The van der Waals surface area contributed by atoms with E-state index in [1.807, 2.05) is 0 Å². The van der Waals surface area contributed by atoms with E-state index in [0.29, 0.717) is 0 Å². The van der Waals surface area contributed by atoms with Crippen LogP contribution in [0.3, 0.4) is 0 Å². The summed E-state index contributed by atoms with van der Waals surface area (Å²) in [7, 11) is -7.72. The second-order valence-corrected chi connectivity index (χ2v) is 7.29. The van der Waals surface area contributed by atoms with Gasteiger partial charge < -0.3 is 13.8 Å². The maximum absolute atomic E-state index is 12.2. The monoisotopic (exact) mass is 274 g/mol. The van der Waals surface area contributed by atoms with Crippen LogP contribution >= 0.6 is 7.60 Å². The molecular formula is C7H15O7PS. The van der Waals surface area contributed by atoms with Crippen molar-refractivity contribution in [1.82, 2.24) is 0 Å². The van der Waals surface area contributed by atoms with Gasteiger partial charge in [-0.3, -0.25) is 4.57 Å². The lowest BCUT2D eigenvalue weighted by molar-refractivity contribution is 0.00188. The van der Waals surface area contributed by atoms with Crippen molar-refractivity contribution in [1.29, 1.82) is 0 Å². The second kappa shape index (κ2) is 5.57. The van der Waals surface area contributed by atoms with E-state index in [0.717, 1.165) is 0 Å². The van der Waals surface area contributed by atoms with E-state index in [1.165, 1.54) is 0 Å². The van der Waals surface area contributed by atoms with Crippen LogP contribution in [0.15, 0.2) is 0 Å². The maximum atomic E-state index is 12.2. The van der Waals surface area contributed by atoms with Crippen LogP contribution in [0.25, 0.3) is 0 Å². The molecule has 0 aromatic carbocycles. The average molecular weight is 274 g/mol. The van der Waals surface area contributed by atoms with Gasteiger partial charge in [-0.05, 0) is 13.8 Å². The molecule has 0 aromatic rings. The summed E-state index contributed by atoms with van der Waals surface area (Å²) in [6.07, 6.45) is 0. The Morgan fingerprint density at radius 3 is 2.31 bits per heavy atom. The van der Waals surface area contributed by atoms with Crippen molar-refractivity contribution in [3.8, 4) is 0 Å². The topological polar surface area (TPSA) is 88.1 Å². The summed E-state index contributed by atoms with van der Waals surface area (Å²) < 4.78 is 54.4. The van der Waals surface area contributed by atoms with E-state index in [1.54, 1.807) is 13.8 Å². The zero-order chi connectivity index (χ0) is 12.2. The number of ether oxygens (including phenoxy) is 1. The van der Waals surface area contributed by atoms with Crippen LogP contribution in [0.1, 0.15) is 13.8 Å². The minimum atomic E-state index is -3.96. The van der Waals surface area contributed by atoms with Crippen LogP contribution in [-0.4, -0.2) is 40.0 Å². The average Bonchev–Trinajstić information content (AvgIpc) is 2.17. The van der Waals surface area contributed by atoms with Gasteiger partial charge in [-0.25, -0.2) is 4.18 Å². The summed E-state index contributed by atoms with van der Waals surface area (Å²) in [5.41, 5.74) is 0. The SMILES string of the molecule is CCOP(=O)(OCC)C1COCOS1(=O)=O. The normalized spacial score (nSPS) is 25.5. The Labute approximate surface area is 94.7 Å². The number of rotatable bonds is 5. The summed E-state index contributed by atoms with van der Waals surface area (Å²) in [5, 5.41) is 0. The predicted octanol–water partition coefficient (Wildman–Crippen LogP) is 0.913. The van der Waals surface area contributed by atoms with Gasteiger partial charge in [0.15, 0.2) is 6.79 Å². The van der Waals surface area contributed by atoms with Crippen LogP contribution in [0.2, 0.25) is 0 Å². The van der Waals surface area contributed by atoms with Gasteiger partial charge in [-0.15, -0.1) is 0 Å². The van der Waals surface area contributed by atoms with Crippen LogP contribution in [0, 0.1) is 0 Å². The van der Waals surface area contributed by atoms with E-state index < -0.39 is 22.7 Å². The summed E-state index contributed by atoms with van der Waals surface area (Å²) in [6, 6.07) is 0. The fraction of sp³-hybridized carbons (Fsp3) is 1.00. The molecule has 1 fully saturated rings. The molecule has 1 atom stereocenters. The zero-order valence-electron chi connectivity index (χ0n) is 9.12. The standard InChI is InChI=1S/C7H15O7PS/c1-3-12-15(8,13-4-2)7-5-11-6-14-16(7,9)10/h7H,3-6H2,1-2H3. The highest BCUT2D eigenvalue weighted by Gasteiger charge is 2.48. The first-order chi connectivity index (χ1) is 7.46. The third kappa shape index (κ3) is 3.03. The summed E-state index contributed by atoms with van der Waals surface area (Å²) in [4.78, 5) is -1.41. The Morgan fingerprint density at radius 1 is 1.31 bits per heavy atom. The molecule has 0 aromatic heterocycles. The summed E-state index contributed by atoms with van der Waals surface area (Å²) in [5.74, 6) is 0. The van der Waals surface area contributed by atoms with Crippen molar-refractivity contribution in [2.45, 2.75) is 18.8 Å². The molecule has 0 radical (unpaired) electrons. The number of hydrogen-bond donors (Lipinski definition) is 0. The minimum Gasteiger partial charge on any atom is -0.352 e. The third-order valence-electron chi connectivity index (χ3n) is 1.86. The van der Waals surface area contributed by atoms with Gasteiger partial charge >= 0.3 is 7.60 Å². The van der Waals surface area contributed by atoms with Crippen molar-refractivity contribution in [3.63, 3.8) is 0 Å². The first kappa shape index (κ1) is 14.1. The van der Waals surface area contributed by atoms with E-state index in [2.05, 4.69) is 4.18 Å². The van der Waals surface area contributed by atoms with E-state index in [4.69, 9.17) is 13.8 Å². The van der Waals surface area contributed by atoms with Crippen molar-refractivity contribution in [3.05, 3.63) is 0 Å². The molecule has 96 valence electrons. The summed E-state index contributed by atoms with van der Waals surface area (Å²) in [6.45, 7) is 2.76.